The number of imidazole rings is 1. The van der Waals surface area contributed by atoms with Gasteiger partial charge in [-0.05, 0) is 12.8 Å². The molecule has 0 spiro atoms. The van der Waals surface area contributed by atoms with Crippen molar-refractivity contribution in [3.05, 3.63) is 21.9 Å². The molecule has 1 heterocycles. The van der Waals surface area contributed by atoms with E-state index in [1.165, 1.54) is 0 Å². The third kappa shape index (κ3) is 1.64. The number of hydrogen-bond donors (Lipinski definition) is 2. The minimum absolute atomic E-state index is 0.169. The van der Waals surface area contributed by atoms with Crippen LogP contribution in [0.2, 0.25) is 0 Å². The van der Waals surface area contributed by atoms with E-state index < -0.39 is 0 Å². The largest absolute Gasteiger partial charge is 0.323 e. The monoisotopic (exact) mass is 184 g/mol. The molecule has 0 aliphatic rings. The number of aromatic nitrogens is 2. The second-order valence-electron chi connectivity index (χ2n) is 2.56. The Balaban J connectivity index is 3.13. The van der Waals surface area contributed by atoms with E-state index in [0.717, 1.165) is 29.1 Å². The van der Waals surface area contributed by atoms with Crippen molar-refractivity contribution in [2.45, 2.75) is 26.7 Å². The van der Waals surface area contributed by atoms with Crippen LogP contribution in [0.1, 0.15) is 31.7 Å². The van der Waals surface area contributed by atoms with Crippen LogP contribution < -0.4 is 5.69 Å². The Morgan fingerprint density at radius 3 is 2.58 bits per heavy atom. The van der Waals surface area contributed by atoms with Crippen LogP contribution in [0.3, 0.4) is 0 Å². The van der Waals surface area contributed by atoms with Crippen LogP contribution in [0.25, 0.3) is 0 Å². The van der Waals surface area contributed by atoms with Crippen LogP contribution in [0.5, 0.6) is 0 Å². The Morgan fingerprint density at radius 1 is 1.42 bits per heavy atom. The molecule has 0 saturated heterocycles. The molecule has 1 aromatic rings. The van der Waals surface area contributed by atoms with Gasteiger partial charge in [-0.15, -0.1) is 0 Å². The van der Waals surface area contributed by atoms with Crippen molar-refractivity contribution < 1.29 is 0 Å². The van der Waals surface area contributed by atoms with Crippen LogP contribution in [0, 0.1) is 0 Å². The zero-order valence-corrected chi connectivity index (χ0v) is 8.05. The molecule has 0 atom stereocenters. The lowest BCUT2D eigenvalue weighted by Gasteiger charge is -1.98. The van der Waals surface area contributed by atoms with Crippen LogP contribution in [0.15, 0.2) is 4.79 Å². The summed E-state index contributed by atoms with van der Waals surface area (Å²) in [6.45, 7) is 3.97. The van der Waals surface area contributed by atoms with Gasteiger partial charge in [0, 0.05) is 10.6 Å². The lowest BCUT2D eigenvalue weighted by atomic mass is 10.2. The molecule has 2 N–H and O–H groups in total. The molecule has 4 heteroatoms. The minimum Gasteiger partial charge on any atom is -0.309 e. The fourth-order valence-electron chi connectivity index (χ4n) is 1.10. The zero-order valence-electron chi connectivity index (χ0n) is 7.23. The van der Waals surface area contributed by atoms with Gasteiger partial charge in [0.2, 0.25) is 0 Å². The molecule has 0 aromatic carbocycles. The number of hydrogen-bond acceptors (Lipinski definition) is 2. The van der Waals surface area contributed by atoms with Gasteiger partial charge >= 0.3 is 5.69 Å². The maximum Gasteiger partial charge on any atom is 0.323 e. The lowest BCUT2D eigenvalue weighted by molar-refractivity contribution is 1.04. The van der Waals surface area contributed by atoms with Gasteiger partial charge in [0.25, 0.3) is 0 Å². The smallest absolute Gasteiger partial charge is 0.309 e. The van der Waals surface area contributed by atoms with E-state index in [0.29, 0.717) is 0 Å². The lowest BCUT2D eigenvalue weighted by Crippen LogP contribution is -2.03. The SMILES string of the molecule is CCC(=S)c1[nH]c(=O)[nH]c1CC. The maximum absolute atomic E-state index is 10.9. The number of rotatable bonds is 3. The Labute approximate surface area is 76.2 Å². The average Bonchev–Trinajstić information content (AvgIpc) is 2.45. The highest BCUT2D eigenvalue weighted by atomic mass is 32.1. The third-order valence-electron chi connectivity index (χ3n) is 1.76. The van der Waals surface area contributed by atoms with Gasteiger partial charge in [-0.1, -0.05) is 26.1 Å². The van der Waals surface area contributed by atoms with Crippen LogP contribution in [0.4, 0.5) is 0 Å². The standard InChI is InChI=1S/C8H12N2OS/c1-3-5-7(6(12)4-2)10-8(11)9-5/h3-4H2,1-2H3,(H2,9,10,11). The average molecular weight is 184 g/mol. The third-order valence-corrected chi connectivity index (χ3v) is 2.25. The van der Waals surface area contributed by atoms with Crippen molar-refractivity contribution in [2.24, 2.45) is 0 Å². The summed E-state index contributed by atoms with van der Waals surface area (Å²) in [6, 6.07) is 0. The van der Waals surface area contributed by atoms with Crippen molar-refractivity contribution in [1.29, 1.82) is 0 Å². The van der Waals surface area contributed by atoms with Crippen LogP contribution >= 0.6 is 12.2 Å². The van der Waals surface area contributed by atoms with Gasteiger partial charge in [-0.2, -0.15) is 0 Å². The molecule has 66 valence electrons. The van der Waals surface area contributed by atoms with Crippen molar-refractivity contribution >= 4 is 17.1 Å². The van der Waals surface area contributed by atoms with Gasteiger partial charge in [-0.3, -0.25) is 0 Å². The molecule has 1 aromatic heterocycles. The molecule has 0 amide bonds. The van der Waals surface area contributed by atoms with Crippen LogP contribution in [-0.4, -0.2) is 14.8 Å². The molecule has 3 nitrogen and oxygen atoms in total. The minimum atomic E-state index is -0.169. The second kappa shape index (κ2) is 3.67. The van der Waals surface area contributed by atoms with E-state index in [2.05, 4.69) is 9.97 Å². The number of nitrogens with one attached hydrogen (secondary N) is 2. The first-order valence-electron chi connectivity index (χ1n) is 4.03. The zero-order chi connectivity index (χ0) is 9.14. The van der Waals surface area contributed by atoms with E-state index >= 15 is 0 Å². The Kier molecular flexibility index (Phi) is 2.81. The fraction of sp³-hybridized carbons (Fsp3) is 0.500. The van der Waals surface area contributed by atoms with Gasteiger partial charge < -0.3 is 9.97 Å². The van der Waals surface area contributed by atoms with E-state index in [4.69, 9.17) is 12.2 Å². The van der Waals surface area contributed by atoms with E-state index in [1.807, 2.05) is 13.8 Å². The molecule has 0 aliphatic carbocycles. The van der Waals surface area contributed by atoms with Crippen LogP contribution in [-0.2, 0) is 6.42 Å². The number of H-pyrrole nitrogens is 2. The van der Waals surface area contributed by atoms with Crippen molar-refractivity contribution in [3.63, 3.8) is 0 Å². The highest BCUT2D eigenvalue weighted by molar-refractivity contribution is 7.80. The molecule has 0 unspecified atom stereocenters. The van der Waals surface area contributed by atoms with Gasteiger partial charge in [0.1, 0.15) is 0 Å². The van der Waals surface area contributed by atoms with Crippen molar-refractivity contribution in [3.8, 4) is 0 Å². The molecule has 12 heavy (non-hydrogen) atoms. The van der Waals surface area contributed by atoms with E-state index in [1.54, 1.807) is 0 Å². The van der Waals surface area contributed by atoms with Gasteiger partial charge in [-0.25, -0.2) is 4.79 Å². The highest BCUT2D eigenvalue weighted by Crippen LogP contribution is 2.05. The molecule has 0 aliphatic heterocycles. The molecule has 0 saturated carbocycles. The second-order valence-corrected chi connectivity index (χ2v) is 3.06. The summed E-state index contributed by atoms with van der Waals surface area (Å²) in [5, 5.41) is 0. The van der Waals surface area contributed by atoms with Gasteiger partial charge in [0.05, 0.1) is 5.69 Å². The van der Waals surface area contributed by atoms with E-state index in [-0.39, 0.29) is 5.69 Å². The van der Waals surface area contributed by atoms with Crippen molar-refractivity contribution in [1.82, 2.24) is 9.97 Å². The molecule has 0 radical (unpaired) electrons. The Morgan fingerprint density at radius 2 is 2.08 bits per heavy atom. The summed E-state index contributed by atoms with van der Waals surface area (Å²) in [7, 11) is 0. The quantitative estimate of drug-likeness (QED) is 0.551. The summed E-state index contributed by atoms with van der Waals surface area (Å²) in [5.74, 6) is 0. The first-order chi connectivity index (χ1) is 5.69. The summed E-state index contributed by atoms with van der Waals surface area (Å²) in [6.07, 6.45) is 1.59. The molecule has 0 fully saturated rings. The fourth-order valence-corrected chi connectivity index (χ4v) is 1.27. The predicted octanol–water partition coefficient (Wildman–Crippen LogP) is 1.39. The first kappa shape index (κ1) is 9.19. The molecule has 0 bridgehead atoms. The molecular formula is C8H12N2OS. The van der Waals surface area contributed by atoms with Gasteiger partial charge in [0.15, 0.2) is 0 Å². The predicted molar refractivity (Wildman–Crippen MR) is 52.8 cm³/mol. The number of aryl methyl sites for hydroxylation is 1. The highest BCUT2D eigenvalue weighted by Gasteiger charge is 2.07. The topological polar surface area (TPSA) is 48.6 Å². The molecular weight excluding hydrogens is 172 g/mol. The Bertz CT molecular complexity index is 337. The summed E-state index contributed by atoms with van der Waals surface area (Å²) < 4.78 is 0. The Hall–Kier alpha value is -0.900. The summed E-state index contributed by atoms with van der Waals surface area (Å²) >= 11 is 5.10. The maximum atomic E-state index is 10.9. The normalized spacial score (nSPS) is 10.2. The number of thiocarbonyl (C=S) groups is 1. The molecule has 1 rings (SSSR count). The number of aromatic amines is 2. The summed E-state index contributed by atoms with van der Waals surface area (Å²) in [4.78, 5) is 17.1. The first-order valence-corrected chi connectivity index (χ1v) is 4.44. The van der Waals surface area contributed by atoms with E-state index in [9.17, 15) is 4.79 Å². The van der Waals surface area contributed by atoms with Crippen molar-refractivity contribution in [2.75, 3.05) is 0 Å². The summed E-state index contributed by atoms with van der Waals surface area (Å²) in [5.41, 5.74) is 1.55.